The van der Waals surface area contributed by atoms with E-state index in [1.165, 1.54) is 0 Å². The Labute approximate surface area is 188 Å². The monoisotopic (exact) mass is 428 g/mol. The van der Waals surface area contributed by atoms with Gasteiger partial charge in [-0.05, 0) is 95.6 Å². The molecule has 0 amide bonds. The average molecular weight is 429 g/mol. The van der Waals surface area contributed by atoms with Gasteiger partial charge in [0.15, 0.2) is 0 Å². The minimum absolute atomic E-state index is 0.403. The fourth-order valence-corrected chi connectivity index (χ4v) is 4.51. The molecule has 4 N–H and O–H groups in total. The van der Waals surface area contributed by atoms with E-state index in [0.29, 0.717) is 33.4 Å². The quantitative estimate of drug-likeness (QED) is 0.531. The molecule has 2 aliphatic rings. The number of aliphatic hydroxyl groups is 4. The second-order valence-electron chi connectivity index (χ2n) is 8.56. The lowest BCUT2D eigenvalue weighted by Gasteiger charge is -2.37. The van der Waals surface area contributed by atoms with Crippen molar-refractivity contribution >= 4 is 11.1 Å². The van der Waals surface area contributed by atoms with Crippen LogP contribution in [0.3, 0.4) is 0 Å². The van der Waals surface area contributed by atoms with Crippen LogP contribution in [0.2, 0.25) is 0 Å². The van der Waals surface area contributed by atoms with Gasteiger partial charge in [-0.15, -0.1) is 0 Å². The Bertz CT molecular complexity index is 1130. The van der Waals surface area contributed by atoms with Crippen molar-refractivity contribution in [3.63, 3.8) is 0 Å². The Morgan fingerprint density at radius 2 is 0.875 bits per heavy atom. The molecule has 0 aliphatic heterocycles. The highest BCUT2D eigenvalue weighted by Gasteiger charge is 2.41. The van der Waals surface area contributed by atoms with Gasteiger partial charge < -0.3 is 20.4 Å². The molecule has 4 heteroatoms. The van der Waals surface area contributed by atoms with E-state index in [-0.39, 0.29) is 0 Å². The van der Waals surface area contributed by atoms with E-state index in [4.69, 9.17) is 0 Å². The van der Waals surface area contributed by atoms with Crippen LogP contribution in [0.4, 0.5) is 0 Å². The van der Waals surface area contributed by atoms with Gasteiger partial charge in [0, 0.05) is 0 Å². The van der Waals surface area contributed by atoms with Crippen LogP contribution in [0.25, 0.3) is 11.1 Å². The van der Waals surface area contributed by atoms with Crippen LogP contribution in [-0.4, -0.2) is 32.0 Å². The minimum atomic E-state index is -2.12. The summed E-state index contributed by atoms with van der Waals surface area (Å²) in [6, 6.07) is 19.3. The first kappa shape index (κ1) is 22.2. The van der Waals surface area contributed by atoms with Crippen LogP contribution in [0, 0.1) is 0 Å². The second-order valence-corrected chi connectivity index (χ2v) is 8.56. The van der Waals surface area contributed by atoms with Gasteiger partial charge in [-0.3, -0.25) is 0 Å². The summed E-state index contributed by atoms with van der Waals surface area (Å²) in [4.78, 5) is 0. The molecule has 2 aliphatic carbocycles. The first-order valence-electron chi connectivity index (χ1n) is 10.6. The van der Waals surface area contributed by atoms with Crippen LogP contribution in [0.1, 0.15) is 38.8 Å². The van der Waals surface area contributed by atoms with Crippen molar-refractivity contribution in [2.24, 2.45) is 0 Å². The molecule has 0 saturated heterocycles. The van der Waals surface area contributed by atoms with E-state index in [1.807, 2.05) is 60.7 Å². The maximum atomic E-state index is 11.2. The van der Waals surface area contributed by atoms with Crippen molar-refractivity contribution in [3.05, 3.63) is 117 Å². The summed E-state index contributed by atoms with van der Waals surface area (Å²) in [5.74, 6) is -4.13. The lowest BCUT2D eigenvalue weighted by Crippen LogP contribution is -2.36. The lowest BCUT2D eigenvalue weighted by molar-refractivity contribution is -0.0956. The minimum Gasteiger partial charge on any atom is -0.359 e. The third-order valence-electron chi connectivity index (χ3n) is 6.55. The van der Waals surface area contributed by atoms with Gasteiger partial charge in [-0.2, -0.15) is 0 Å². The maximum absolute atomic E-state index is 11.2. The zero-order chi connectivity index (χ0) is 23.3. The predicted octanol–water partition coefficient (Wildman–Crippen LogP) is 4.51. The number of benzene rings is 2. The molecular weight excluding hydrogens is 400 g/mol. The Kier molecular flexibility index (Phi) is 5.43. The summed E-state index contributed by atoms with van der Waals surface area (Å²) in [5, 5.41) is 43.3. The highest BCUT2D eigenvalue weighted by Crippen LogP contribution is 2.50. The summed E-state index contributed by atoms with van der Waals surface area (Å²) < 4.78 is 0. The average Bonchev–Trinajstić information content (AvgIpc) is 2.77. The zero-order valence-electron chi connectivity index (χ0n) is 18.7. The molecule has 4 rings (SSSR count). The number of hydrogen-bond acceptors (Lipinski definition) is 4. The highest BCUT2D eigenvalue weighted by atomic mass is 16.5. The van der Waals surface area contributed by atoms with Gasteiger partial charge in [0.05, 0.1) is 0 Å². The summed E-state index contributed by atoms with van der Waals surface area (Å²) in [5.41, 5.74) is 6.38. The molecule has 2 aromatic carbocycles. The van der Waals surface area contributed by atoms with E-state index in [2.05, 4.69) is 0 Å². The lowest BCUT2D eigenvalue weighted by atomic mass is 9.72. The molecule has 164 valence electrons. The van der Waals surface area contributed by atoms with Crippen molar-refractivity contribution in [1.82, 2.24) is 0 Å². The van der Waals surface area contributed by atoms with E-state index in [9.17, 15) is 20.4 Å². The first-order valence-corrected chi connectivity index (χ1v) is 10.6. The Morgan fingerprint density at radius 1 is 0.500 bits per heavy atom. The van der Waals surface area contributed by atoms with Crippen molar-refractivity contribution in [2.75, 3.05) is 0 Å². The first-order chi connectivity index (χ1) is 15.1. The highest BCUT2D eigenvalue weighted by molar-refractivity contribution is 6.05. The van der Waals surface area contributed by atoms with Crippen molar-refractivity contribution in [3.8, 4) is 0 Å². The van der Waals surface area contributed by atoms with Crippen LogP contribution in [0.5, 0.6) is 0 Å². The fraction of sp³-hybridized carbons (Fsp3) is 0.214. The van der Waals surface area contributed by atoms with Gasteiger partial charge in [0.2, 0.25) is 11.6 Å². The summed E-state index contributed by atoms with van der Waals surface area (Å²) in [6.45, 7) is 6.82. The molecule has 0 atom stereocenters. The Morgan fingerprint density at radius 3 is 1.25 bits per heavy atom. The largest absolute Gasteiger partial charge is 0.359 e. The predicted molar refractivity (Wildman–Crippen MR) is 127 cm³/mol. The molecule has 0 aromatic heterocycles. The molecule has 32 heavy (non-hydrogen) atoms. The molecule has 0 unspecified atom stereocenters. The number of hydrogen-bond donors (Lipinski definition) is 4. The number of allylic oxidation sites excluding steroid dienone is 6. The van der Waals surface area contributed by atoms with Crippen molar-refractivity contribution in [1.29, 1.82) is 0 Å². The van der Waals surface area contributed by atoms with E-state index >= 15 is 0 Å². The standard InChI is InChI=1S/C28H28O4/c1-17-15-23(16-18(2)27(17,29)30)26-24(21-11-7-5-8-12-21)19(3)28(31,32)20(4)25(26)22-13-9-6-10-14-22/h5-16,29-32H,1-4H3. The normalized spacial score (nSPS) is 20.4. The van der Waals surface area contributed by atoms with Crippen LogP contribution in [-0.2, 0) is 0 Å². The van der Waals surface area contributed by atoms with Crippen LogP contribution < -0.4 is 0 Å². The van der Waals surface area contributed by atoms with Gasteiger partial charge in [-0.1, -0.05) is 60.7 Å². The molecule has 0 heterocycles. The maximum Gasteiger partial charge on any atom is 0.210 e. The molecule has 0 bridgehead atoms. The van der Waals surface area contributed by atoms with Gasteiger partial charge in [-0.25, -0.2) is 0 Å². The van der Waals surface area contributed by atoms with E-state index in [1.54, 1.807) is 39.8 Å². The molecule has 0 radical (unpaired) electrons. The van der Waals surface area contributed by atoms with Gasteiger partial charge in [0.25, 0.3) is 0 Å². The summed E-state index contributed by atoms with van der Waals surface area (Å²) in [6.07, 6.45) is 3.52. The molecule has 0 fully saturated rings. The molecule has 4 nitrogen and oxygen atoms in total. The Balaban J connectivity index is 2.15. The Hall–Kier alpha value is -3.02. The smallest absolute Gasteiger partial charge is 0.210 e. The topological polar surface area (TPSA) is 80.9 Å². The van der Waals surface area contributed by atoms with Crippen LogP contribution in [0.15, 0.2) is 106 Å². The number of rotatable bonds is 2. The van der Waals surface area contributed by atoms with Crippen molar-refractivity contribution in [2.45, 2.75) is 39.3 Å². The van der Waals surface area contributed by atoms with E-state index in [0.717, 1.165) is 22.3 Å². The summed E-state index contributed by atoms with van der Waals surface area (Å²) >= 11 is 0. The van der Waals surface area contributed by atoms with Crippen molar-refractivity contribution < 1.29 is 20.4 Å². The molecular formula is C28H28O4. The van der Waals surface area contributed by atoms with Gasteiger partial charge in [0.1, 0.15) is 0 Å². The fourth-order valence-electron chi connectivity index (χ4n) is 4.51. The van der Waals surface area contributed by atoms with Crippen LogP contribution >= 0.6 is 0 Å². The zero-order valence-corrected chi connectivity index (χ0v) is 18.7. The second kappa shape index (κ2) is 7.84. The molecule has 0 spiro atoms. The molecule has 2 aromatic rings. The van der Waals surface area contributed by atoms with Gasteiger partial charge >= 0.3 is 0 Å². The van der Waals surface area contributed by atoms with E-state index < -0.39 is 11.6 Å². The third kappa shape index (κ3) is 3.42. The third-order valence-corrected chi connectivity index (χ3v) is 6.55. The summed E-state index contributed by atoms with van der Waals surface area (Å²) in [7, 11) is 0. The molecule has 0 saturated carbocycles. The SMILES string of the molecule is CC1=CC(=C2C(c3ccccc3)=C(C)C(O)(O)C(C)=C2c2ccccc2)C=C(C)C1(O)O.